The molecule has 0 aromatic carbocycles. The Labute approximate surface area is 103 Å². The average Bonchev–Trinajstić information content (AvgIpc) is 2.66. The molecule has 0 N–H and O–H groups in total. The molecular weight excluding hydrogens is 240 g/mol. The summed E-state index contributed by atoms with van der Waals surface area (Å²) in [5, 5.41) is 0. The number of carbonyl (C=O) groups excluding carboxylic acids is 2. The van der Waals surface area contributed by atoms with Gasteiger partial charge in [-0.25, -0.2) is 0 Å². The van der Waals surface area contributed by atoms with E-state index in [1.165, 1.54) is 11.3 Å². The van der Waals surface area contributed by atoms with E-state index in [1.807, 2.05) is 0 Å². The van der Waals surface area contributed by atoms with Gasteiger partial charge in [-0.3, -0.25) is 9.59 Å². The van der Waals surface area contributed by atoms with Crippen LogP contribution >= 0.6 is 23.1 Å². The first-order valence-electron chi connectivity index (χ1n) is 5.54. The lowest BCUT2D eigenvalue weighted by molar-refractivity contribution is 0.0970. The molecule has 0 unspecified atom stereocenters. The Kier molecular flexibility index (Phi) is 3.82. The van der Waals surface area contributed by atoms with E-state index >= 15 is 0 Å². The number of rotatable bonds is 4. The molecule has 1 aliphatic rings. The topological polar surface area (TPSA) is 34.1 Å². The minimum absolute atomic E-state index is 0.226. The summed E-state index contributed by atoms with van der Waals surface area (Å²) in [6, 6.07) is 0. The van der Waals surface area contributed by atoms with Crippen molar-refractivity contribution in [3.63, 3.8) is 0 Å². The maximum absolute atomic E-state index is 11.9. The Hall–Kier alpha value is -0.610. The third-order valence-corrected chi connectivity index (χ3v) is 5.29. The highest BCUT2D eigenvalue weighted by atomic mass is 32.2. The fourth-order valence-electron chi connectivity index (χ4n) is 1.93. The van der Waals surface area contributed by atoms with Crippen molar-refractivity contribution in [2.45, 2.75) is 36.8 Å². The summed E-state index contributed by atoms with van der Waals surface area (Å²) < 4.78 is 1.06. The number of thioether (sulfide) groups is 1. The minimum atomic E-state index is 0.226. The first kappa shape index (κ1) is 11.9. The molecule has 0 atom stereocenters. The van der Waals surface area contributed by atoms with Crippen LogP contribution in [0.4, 0.5) is 0 Å². The number of aldehydes is 1. The van der Waals surface area contributed by atoms with E-state index in [9.17, 15) is 9.59 Å². The molecule has 2 nitrogen and oxygen atoms in total. The monoisotopic (exact) mass is 254 g/mol. The highest BCUT2D eigenvalue weighted by Gasteiger charge is 2.26. The lowest BCUT2D eigenvalue weighted by atomic mass is 9.93. The SMILES string of the molecule is CCCSc1sc(C=O)c2c1C(=O)CCC2. The first-order valence-corrected chi connectivity index (χ1v) is 7.35. The molecule has 1 aliphatic carbocycles. The van der Waals surface area contributed by atoms with Crippen molar-refractivity contribution in [1.82, 2.24) is 0 Å². The molecule has 0 radical (unpaired) electrons. The van der Waals surface area contributed by atoms with Crippen molar-refractivity contribution in [1.29, 1.82) is 0 Å². The fourth-order valence-corrected chi connectivity index (χ4v) is 4.37. The molecule has 0 saturated heterocycles. The number of carbonyl (C=O) groups is 2. The minimum Gasteiger partial charge on any atom is -0.297 e. The van der Waals surface area contributed by atoms with E-state index in [4.69, 9.17) is 0 Å². The van der Waals surface area contributed by atoms with Gasteiger partial charge in [-0.05, 0) is 30.6 Å². The van der Waals surface area contributed by atoms with Crippen molar-refractivity contribution in [3.8, 4) is 0 Å². The Bertz CT molecular complexity index is 421. The van der Waals surface area contributed by atoms with Gasteiger partial charge in [0.2, 0.25) is 0 Å². The van der Waals surface area contributed by atoms with E-state index in [0.717, 1.165) is 51.5 Å². The molecule has 1 aromatic rings. The third kappa shape index (κ3) is 2.09. The van der Waals surface area contributed by atoms with E-state index in [1.54, 1.807) is 11.8 Å². The number of hydrogen-bond acceptors (Lipinski definition) is 4. The first-order chi connectivity index (χ1) is 7.77. The summed E-state index contributed by atoms with van der Waals surface area (Å²) >= 11 is 3.21. The second-order valence-corrected chi connectivity index (χ2v) is 6.27. The molecule has 0 aliphatic heterocycles. The van der Waals surface area contributed by atoms with E-state index in [-0.39, 0.29) is 5.78 Å². The van der Waals surface area contributed by atoms with Crippen molar-refractivity contribution in [3.05, 3.63) is 16.0 Å². The Balaban J connectivity index is 2.41. The van der Waals surface area contributed by atoms with E-state index < -0.39 is 0 Å². The van der Waals surface area contributed by atoms with Crippen molar-refractivity contribution >= 4 is 35.2 Å². The van der Waals surface area contributed by atoms with Gasteiger partial charge < -0.3 is 0 Å². The van der Waals surface area contributed by atoms with Gasteiger partial charge in [-0.1, -0.05) is 6.92 Å². The van der Waals surface area contributed by atoms with Gasteiger partial charge in [0.1, 0.15) is 0 Å². The predicted octanol–water partition coefficient (Wildman–Crippen LogP) is 3.58. The van der Waals surface area contributed by atoms with Crippen molar-refractivity contribution in [2.75, 3.05) is 5.75 Å². The highest BCUT2D eigenvalue weighted by molar-refractivity contribution is 8.01. The molecule has 0 fully saturated rings. The maximum Gasteiger partial charge on any atom is 0.165 e. The molecular formula is C12H14O2S2. The molecule has 86 valence electrons. The molecule has 1 aromatic heterocycles. The van der Waals surface area contributed by atoms with Gasteiger partial charge in [0.25, 0.3) is 0 Å². The van der Waals surface area contributed by atoms with Crippen LogP contribution in [0.15, 0.2) is 4.21 Å². The second-order valence-electron chi connectivity index (χ2n) is 3.85. The predicted molar refractivity (Wildman–Crippen MR) is 68.0 cm³/mol. The second kappa shape index (κ2) is 5.15. The van der Waals surface area contributed by atoms with Gasteiger partial charge >= 0.3 is 0 Å². The van der Waals surface area contributed by atoms with Crippen LogP contribution in [-0.2, 0) is 6.42 Å². The third-order valence-electron chi connectivity index (χ3n) is 2.66. The van der Waals surface area contributed by atoms with Gasteiger partial charge in [-0.15, -0.1) is 23.1 Å². The van der Waals surface area contributed by atoms with E-state index in [0.29, 0.717) is 6.42 Å². The van der Waals surface area contributed by atoms with Gasteiger partial charge in [0.05, 0.1) is 9.09 Å². The lowest BCUT2D eigenvalue weighted by Crippen LogP contribution is -2.10. The normalized spacial score (nSPS) is 14.9. The molecule has 0 amide bonds. The zero-order valence-electron chi connectivity index (χ0n) is 9.25. The quantitative estimate of drug-likeness (QED) is 0.608. The fraction of sp³-hybridized carbons (Fsp3) is 0.500. The number of hydrogen-bond donors (Lipinski definition) is 0. The average molecular weight is 254 g/mol. The zero-order valence-corrected chi connectivity index (χ0v) is 10.9. The van der Waals surface area contributed by atoms with Crippen LogP contribution in [0.1, 0.15) is 51.8 Å². The molecule has 0 bridgehead atoms. The van der Waals surface area contributed by atoms with Crippen LogP contribution in [0.25, 0.3) is 0 Å². The number of Topliss-reactive ketones (excluding diaryl/α,β-unsaturated/α-hetero) is 1. The van der Waals surface area contributed by atoms with Gasteiger partial charge in [-0.2, -0.15) is 0 Å². The largest absolute Gasteiger partial charge is 0.297 e. The molecule has 0 spiro atoms. The lowest BCUT2D eigenvalue weighted by Gasteiger charge is -2.11. The Morgan fingerprint density at radius 2 is 2.25 bits per heavy atom. The molecule has 4 heteroatoms. The maximum atomic E-state index is 11.9. The highest BCUT2D eigenvalue weighted by Crippen LogP contribution is 2.39. The Morgan fingerprint density at radius 1 is 1.44 bits per heavy atom. The summed E-state index contributed by atoms with van der Waals surface area (Å²) in [5.74, 6) is 1.24. The van der Waals surface area contributed by atoms with E-state index in [2.05, 4.69) is 6.92 Å². The summed E-state index contributed by atoms with van der Waals surface area (Å²) in [7, 11) is 0. The van der Waals surface area contributed by atoms with Crippen LogP contribution in [0.2, 0.25) is 0 Å². The van der Waals surface area contributed by atoms with Crippen LogP contribution in [0.3, 0.4) is 0 Å². The number of fused-ring (bicyclic) bond motifs is 1. The molecule has 2 rings (SSSR count). The Morgan fingerprint density at radius 3 is 2.94 bits per heavy atom. The van der Waals surface area contributed by atoms with Gasteiger partial charge in [0, 0.05) is 12.0 Å². The van der Waals surface area contributed by atoms with Crippen LogP contribution in [0.5, 0.6) is 0 Å². The summed E-state index contributed by atoms with van der Waals surface area (Å²) in [5.41, 5.74) is 1.87. The summed E-state index contributed by atoms with van der Waals surface area (Å²) in [4.78, 5) is 23.6. The zero-order chi connectivity index (χ0) is 11.5. The summed E-state index contributed by atoms with van der Waals surface area (Å²) in [6.45, 7) is 2.12. The van der Waals surface area contributed by atoms with Gasteiger partial charge in [0.15, 0.2) is 12.1 Å². The van der Waals surface area contributed by atoms with Crippen LogP contribution in [-0.4, -0.2) is 17.8 Å². The molecule has 1 heterocycles. The molecule has 16 heavy (non-hydrogen) atoms. The number of ketones is 1. The van der Waals surface area contributed by atoms with Crippen LogP contribution in [0, 0.1) is 0 Å². The standard InChI is InChI=1S/C12H14O2S2/c1-2-6-15-12-11-8(10(7-13)16-12)4-3-5-9(11)14/h7H,2-6H2,1H3. The van der Waals surface area contributed by atoms with Crippen molar-refractivity contribution in [2.24, 2.45) is 0 Å². The number of thiophene rings is 1. The van der Waals surface area contributed by atoms with Crippen molar-refractivity contribution < 1.29 is 9.59 Å². The summed E-state index contributed by atoms with van der Waals surface area (Å²) in [6.07, 6.45) is 4.40. The van der Waals surface area contributed by atoms with Crippen LogP contribution < -0.4 is 0 Å². The molecule has 0 saturated carbocycles. The smallest absolute Gasteiger partial charge is 0.165 e.